The van der Waals surface area contributed by atoms with Gasteiger partial charge in [-0.15, -0.1) is 0 Å². The van der Waals surface area contributed by atoms with Gasteiger partial charge in [0.1, 0.15) is 11.6 Å². The number of piperazine rings is 1. The summed E-state index contributed by atoms with van der Waals surface area (Å²) in [5.41, 5.74) is -1.05. The van der Waals surface area contributed by atoms with E-state index in [4.69, 9.17) is 0 Å². The van der Waals surface area contributed by atoms with E-state index in [0.717, 1.165) is 6.07 Å². The predicted octanol–water partition coefficient (Wildman–Crippen LogP) is 1.98. The maximum absolute atomic E-state index is 13.8. The molecule has 1 aliphatic rings. The largest absolute Gasteiger partial charge is 0.342 e. The number of nitrogens with one attached hydrogen (secondary N) is 1. The minimum Gasteiger partial charge on any atom is -0.342 e. The fourth-order valence-corrected chi connectivity index (χ4v) is 2.38. The molecular formula is C15H18F2N2O2. The maximum atomic E-state index is 13.8. The molecule has 0 bridgehead atoms. The summed E-state index contributed by atoms with van der Waals surface area (Å²) in [4.78, 5) is 25.8. The van der Waals surface area contributed by atoms with Gasteiger partial charge in [0.2, 0.25) is 11.8 Å². The lowest BCUT2D eigenvalue weighted by Crippen LogP contribution is -2.67. The second kappa shape index (κ2) is 5.42. The zero-order valence-electron chi connectivity index (χ0n) is 12.2. The number of hydrogen-bond donors (Lipinski definition) is 1. The lowest BCUT2D eigenvalue weighted by Gasteiger charge is -2.44. The van der Waals surface area contributed by atoms with Crippen LogP contribution in [0, 0.1) is 11.6 Å². The molecule has 1 fully saturated rings. The Morgan fingerprint density at radius 3 is 2.57 bits per heavy atom. The third-order valence-electron chi connectivity index (χ3n) is 3.87. The van der Waals surface area contributed by atoms with Crippen molar-refractivity contribution < 1.29 is 18.4 Å². The van der Waals surface area contributed by atoms with Gasteiger partial charge in [0.05, 0.1) is 0 Å². The molecule has 1 aliphatic heterocycles. The Labute approximate surface area is 122 Å². The van der Waals surface area contributed by atoms with Gasteiger partial charge in [-0.2, -0.15) is 0 Å². The molecule has 114 valence electrons. The van der Waals surface area contributed by atoms with Crippen LogP contribution < -0.4 is 5.32 Å². The van der Waals surface area contributed by atoms with Crippen molar-refractivity contribution in [2.45, 2.75) is 45.3 Å². The van der Waals surface area contributed by atoms with Gasteiger partial charge in [0.25, 0.3) is 0 Å². The first-order chi connectivity index (χ1) is 9.78. The van der Waals surface area contributed by atoms with Crippen molar-refractivity contribution in [2.24, 2.45) is 0 Å². The molecule has 4 nitrogen and oxygen atoms in total. The molecular weight excluding hydrogens is 278 g/mol. The fourth-order valence-electron chi connectivity index (χ4n) is 2.38. The highest BCUT2D eigenvalue weighted by Gasteiger charge is 2.45. The first kappa shape index (κ1) is 15.4. The number of halogens is 2. The van der Waals surface area contributed by atoms with E-state index in [1.807, 2.05) is 0 Å². The van der Waals surface area contributed by atoms with E-state index in [-0.39, 0.29) is 23.9 Å². The lowest BCUT2D eigenvalue weighted by atomic mass is 9.94. The van der Waals surface area contributed by atoms with Crippen molar-refractivity contribution >= 4 is 11.8 Å². The molecule has 6 heteroatoms. The third-order valence-corrected chi connectivity index (χ3v) is 3.87. The van der Waals surface area contributed by atoms with E-state index < -0.39 is 23.2 Å². The van der Waals surface area contributed by atoms with E-state index in [1.54, 1.807) is 20.8 Å². The number of amides is 2. The minimum absolute atomic E-state index is 0.0565. The molecule has 0 spiro atoms. The fraction of sp³-hybridized carbons (Fsp3) is 0.467. The molecule has 1 unspecified atom stereocenters. The molecule has 2 amide bonds. The second-order valence-electron chi connectivity index (χ2n) is 5.63. The summed E-state index contributed by atoms with van der Waals surface area (Å²) in [5, 5.41) is 2.65. The van der Waals surface area contributed by atoms with Crippen LogP contribution in [0.1, 0.15) is 32.8 Å². The molecule has 1 N–H and O–H groups in total. The Balaban J connectivity index is 2.36. The molecule has 1 aromatic carbocycles. The molecule has 1 saturated heterocycles. The van der Waals surface area contributed by atoms with Crippen LogP contribution in [0.25, 0.3) is 0 Å². The molecule has 2 rings (SSSR count). The van der Waals surface area contributed by atoms with Crippen molar-refractivity contribution in [3.8, 4) is 0 Å². The van der Waals surface area contributed by atoms with Crippen LogP contribution in [0.2, 0.25) is 0 Å². The van der Waals surface area contributed by atoms with Gasteiger partial charge in [0, 0.05) is 12.1 Å². The van der Waals surface area contributed by atoms with E-state index in [2.05, 4.69) is 5.32 Å². The van der Waals surface area contributed by atoms with Crippen LogP contribution >= 0.6 is 0 Å². The lowest BCUT2D eigenvalue weighted by molar-refractivity contribution is -0.156. The first-order valence-corrected chi connectivity index (χ1v) is 6.84. The number of carbonyl (C=O) groups is 2. The molecule has 1 heterocycles. The van der Waals surface area contributed by atoms with Crippen molar-refractivity contribution in [1.82, 2.24) is 10.2 Å². The van der Waals surface area contributed by atoms with Crippen LogP contribution in [0.4, 0.5) is 8.78 Å². The number of hydrogen-bond acceptors (Lipinski definition) is 2. The summed E-state index contributed by atoms with van der Waals surface area (Å²) in [6.45, 7) is 4.81. The highest BCUT2D eigenvalue weighted by molar-refractivity contribution is 5.99. The Bertz CT molecular complexity index is 587. The van der Waals surface area contributed by atoms with Crippen LogP contribution in [0.15, 0.2) is 18.2 Å². The highest BCUT2D eigenvalue weighted by Crippen LogP contribution is 2.25. The summed E-state index contributed by atoms with van der Waals surface area (Å²) in [6, 6.07) is 3.19. The third kappa shape index (κ3) is 2.62. The number of nitrogens with zero attached hydrogens (tertiary/aromatic N) is 1. The Morgan fingerprint density at radius 1 is 1.29 bits per heavy atom. The average Bonchev–Trinajstić information content (AvgIpc) is 2.43. The normalized spacial score (nSPS) is 21.4. The number of benzene rings is 1. The van der Waals surface area contributed by atoms with E-state index in [0.29, 0.717) is 6.42 Å². The van der Waals surface area contributed by atoms with Crippen molar-refractivity contribution in [3.05, 3.63) is 35.4 Å². The molecule has 1 aromatic rings. The summed E-state index contributed by atoms with van der Waals surface area (Å²) in [5.74, 6) is -2.54. The van der Waals surface area contributed by atoms with Crippen molar-refractivity contribution in [1.29, 1.82) is 0 Å². The van der Waals surface area contributed by atoms with E-state index in [1.165, 1.54) is 17.0 Å². The quantitative estimate of drug-likeness (QED) is 0.927. The number of carbonyl (C=O) groups excluding carboxylic acids is 2. The van der Waals surface area contributed by atoms with Gasteiger partial charge in [0.15, 0.2) is 11.6 Å². The minimum atomic E-state index is -1.11. The Hall–Kier alpha value is -1.98. The first-order valence-electron chi connectivity index (χ1n) is 6.84. The monoisotopic (exact) mass is 296 g/mol. The van der Waals surface area contributed by atoms with Gasteiger partial charge in [-0.05, 0) is 26.3 Å². The predicted molar refractivity (Wildman–Crippen MR) is 73.2 cm³/mol. The summed E-state index contributed by atoms with van der Waals surface area (Å²) in [6.07, 6.45) is 0.447. The molecule has 1 atom stereocenters. The Kier molecular flexibility index (Phi) is 3.98. The van der Waals surface area contributed by atoms with Crippen molar-refractivity contribution in [2.75, 3.05) is 0 Å². The zero-order chi connectivity index (χ0) is 15.8. The van der Waals surface area contributed by atoms with E-state index in [9.17, 15) is 18.4 Å². The van der Waals surface area contributed by atoms with Gasteiger partial charge in [-0.25, -0.2) is 8.78 Å². The SMILES string of the molecule is CCC1NC(=O)C(C)(C)N(Cc2cccc(F)c2F)C1=O. The summed E-state index contributed by atoms with van der Waals surface area (Å²) < 4.78 is 27.1. The molecule has 0 aliphatic carbocycles. The smallest absolute Gasteiger partial charge is 0.246 e. The standard InChI is InChI=1S/C15H18F2N2O2/c1-4-11-13(20)19(15(2,3)14(21)18-11)8-9-6-5-7-10(16)12(9)17/h5-7,11H,4,8H2,1-3H3,(H,18,21). The van der Waals surface area contributed by atoms with Crippen LogP contribution in [-0.2, 0) is 16.1 Å². The van der Waals surface area contributed by atoms with Crippen LogP contribution in [0.5, 0.6) is 0 Å². The zero-order valence-corrected chi connectivity index (χ0v) is 12.2. The summed E-state index contributed by atoms with van der Waals surface area (Å²) in [7, 11) is 0. The van der Waals surface area contributed by atoms with Gasteiger partial charge < -0.3 is 10.2 Å². The Morgan fingerprint density at radius 2 is 1.95 bits per heavy atom. The van der Waals surface area contributed by atoms with Crippen molar-refractivity contribution in [3.63, 3.8) is 0 Å². The average molecular weight is 296 g/mol. The topological polar surface area (TPSA) is 49.4 Å². The van der Waals surface area contributed by atoms with Gasteiger partial charge in [-0.1, -0.05) is 19.1 Å². The van der Waals surface area contributed by atoms with E-state index >= 15 is 0 Å². The van der Waals surface area contributed by atoms with Gasteiger partial charge in [-0.3, -0.25) is 9.59 Å². The molecule has 0 aromatic heterocycles. The van der Waals surface area contributed by atoms with Crippen LogP contribution in [0.3, 0.4) is 0 Å². The van der Waals surface area contributed by atoms with Gasteiger partial charge >= 0.3 is 0 Å². The second-order valence-corrected chi connectivity index (χ2v) is 5.63. The molecule has 0 saturated carbocycles. The number of rotatable bonds is 3. The molecule has 21 heavy (non-hydrogen) atoms. The van der Waals surface area contributed by atoms with Crippen LogP contribution in [-0.4, -0.2) is 28.3 Å². The molecule has 0 radical (unpaired) electrons. The summed E-state index contributed by atoms with van der Waals surface area (Å²) >= 11 is 0. The maximum Gasteiger partial charge on any atom is 0.246 e. The highest BCUT2D eigenvalue weighted by atomic mass is 19.2.